The van der Waals surface area contributed by atoms with E-state index in [0.717, 1.165) is 19.4 Å². The van der Waals surface area contributed by atoms with Gasteiger partial charge in [0, 0.05) is 18.1 Å². The molecule has 0 saturated carbocycles. The van der Waals surface area contributed by atoms with Gasteiger partial charge in [0.05, 0.1) is 6.10 Å². The zero-order valence-corrected chi connectivity index (χ0v) is 8.67. The number of hydrogen-bond donors (Lipinski definition) is 1. The number of likely N-dealkylation sites (tertiary alicyclic amines) is 1. The molecular formula is C10H21NO. The molecule has 72 valence electrons. The second-order valence-electron chi connectivity index (χ2n) is 4.90. The number of piperidine rings is 1. The van der Waals surface area contributed by atoms with Gasteiger partial charge < -0.3 is 5.11 Å². The molecule has 0 aromatic heterocycles. The highest BCUT2D eigenvalue weighted by atomic mass is 16.3. The van der Waals surface area contributed by atoms with Crippen LogP contribution in [0.1, 0.15) is 40.5 Å². The summed E-state index contributed by atoms with van der Waals surface area (Å²) in [5.74, 6) is 0. The third-order valence-corrected chi connectivity index (χ3v) is 2.72. The lowest BCUT2D eigenvalue weighted by atomic mass is 9.94. The first kappa shape index (κ1) is 10.0. The summed E-state index contributed by atoms with van der Waals surface area (Å²) >= 11 is 0. The van der Waals surface area contributed by atoms with Crippen molar-refractivity contribution < 1.29 is 5.11 Å². The Bertz CT molecular complexity index is 150. The fourth-order valence-corrected chi connectivity index (χ4v) is 2.02. The Morgan fingerprint density at radius 2 is 1.83 bits per heavy atom. The SMILES string of the molecule is CC1CCC(O)CN1C(C)(C)C. The molecule has 0 aliphatic carbocycles. The van der Waals surface area contributed by atoms with Crippen LogP contribution in [0.4, 0.5) is 0 Å². The van der Waals surface area contributed by atoms with E-state index in [2.05, 4.69) is 32.6 Å². The average molecular weight is 171 g/mol. The van der Waals surface area contributed by atoms with E-state index in [-0.39, 0.29) is 11.6 Å². The van der Waals surface area contributed by atoms with Gasteiger partial charge in [0.2, 0.25) is 0 Å². The summed E-state index contributed by atoms with van der Waals surface area (Å²) in [6.07, 6.45) is 1.98. The molecule has 2 unspecified atom stereocenters. The van der Waals surface area contributed by atoms with Gasteiger partial charge in [-0.15, -0.1) is 0 Å². The van der Waals surface area contributed by atoms with E-state index in [1.165, 1.54) is 0 Å². The number of hydrogen-bond acceptors (Lipinski definition) is 2. The number of β-amino-alcohol motifs (C(OH)–C–C–N with tert-alkyl or cyclic N) is 1. The summed E-state index contributed by atoms with van der Waals surface area (Å²) in [6.45, 7) is 9.71. The molecule has 0 radical (unpaired) electrons. The van der Waals surface area contributed by atoms with E-state index in [0.29, 0.717) is 6.04 Å². The maximum atomic E-state index is 9.52. The summed E-state index contributed by atoms with van der Waals surface area (Å²) in [6, 6.07) is 0.619. The van der Waals surface area contributed by atoms with Gasteiger partial charge in [-0.2, -0.15) is 0 Å². The summed E-state index contributed by atoms with van der Waals surface area (Å²) in [4.78, 5) is 2.39. The Kier molecular flexibility index (Phi) is 2.79. The van der Waals surface area contributed by atoms with Crippen molar-refractivity contribution >= 4 is 0 Å². The zero-order chi connectivity index (χ0) is 9.35. The van der Waals surface area contributed by atoms with Crippen molar-refractivity contribution in [2.24, 2.45) is 0 Å². The van der Waals surface area contributed by atoms with Crippen LogP contribution in [0.25, 0.3) is 0 Å². The van der Waals surface area contributed by atoms with Crippen molar-refractivity contribution in [3.63, 3.8) is 0 Å². The van der Waals surface area contributed by atoms with Crippen molar-refractivity contribution in [1.29, 1.82) is 0 Å². The number of nitrogens with zero attached hydrogens (tertiary/aromatic N) is 1. The van der Waals surface area contributed by atoms with Gasteiger partial charge in [-0.25, -0.2) is 0 Å². The van der Waals surface area contributed by atoms with Gasteiger partial charge in [-0.05, 0) is 40.5 Å². The molecule has 0 amide bonds. The number of aliphatic hydroxyl groups is 1. The average Bonchev–Trinajstić information content (AvgIpc) is 1.92. The molecule has 1 aliphatic heterocycles. The molecule has 0 aromatic carbocycles. The topological polar surface area (TPSA) is 23.5 Å². The molecule has 2 nitrogen and oxygen atoms in total. The summed E-state index contributed by atoms with van der Waals surface area (Å²) in [5.41, 5.74) is 0.195. The number of rotatable bonds is 0. The minimum Gasteiger partial charge on any atom is -0.392 e. The van der Waals surface area contributed by atoms with Crippen LogP contribution in [-0.2, 0) is 0 Å². The Balaban J connectivity index is 2.61. The molecule has 1 fully saturated rings. The lowest BCUT2D eigenvalue weighted by Crippen LogP contribution is -2.53. The van der Waals surface area contributed by atoms with E-state index >= 15 is 0 Å². The van der Waals surface area contributed by atoms with Crippen LogP contribution in [-0.4, -0.2) is 34.2 Å². The van der Waals surface area contributed by atoms with Crippen molar-refractivity contribution in [2.75, 3.05) is 6.54 Å². The molecule has 1 saturated heterocycles. The fourth-order valence-electron chi connectivity index (χ4n) is 2.02. The molecule has 2 heteroatoms. The maximum absolute atomic E-state index is 9.52. The summed E-state index contributed by atoms with van der Waals surface area (Å²) in [5, 5.41) is 9.52. The highest BCUT2D eigenvalue weighted by Crippen LogP contribution is 2.25. The van der Waals surface area contributed by atoms with E-state index < -0.39 is 0 Å². The molecule has 12 heavy (non-hydrogen) atoms. The summed E-state index contributed by atoms with van der Waals surface area (Å²) in [7, 11) is 0. The molecule has 1 aliphatic rings. The first-order valence-electron chi connectivity index (χ1n) is 4.86. The van der Waals surface area contributed by atoms with Gasteiger partial charge in [0.25, 0.3) is 0 Å². The quantitative estimate of drug-likeness (QED) is 0.599. The molecule has 0 aromatic rings. The second kappa shape index (κ2) is 3.35. The standard InChI is InChI=1S/C10H21NO/c1-8-5-6-9(12)7-11(8)10(2,3)4/h8-9,12H,5-7H2,1-4H3. The molecule has 0 spiro atoms. The van der Waals surface area contributed by atoms with Crippen LogP contribution in [0, 0.1) is 0 Å². The Labute approximate surface area is 75.6 Å². The first-order chi connectivity index (χ1) is 5.41. The lowest BCUT2D eigenvalue weighted by molar-refractivity contribution is -0.0101. The van der Waals surface area contributed by atoms with E-state index in [9.17, 15) is 5.11 Å². The van der Waals surface area contributed by atoms with Crippen molar-refractivity contribution in [2.45, 2.75) is 58.2 Å². The monoisotopic (exact) mass is 171 g/mol. The van der Waals surface area contributed by atoms with Crippen LogP contribution in [0.2, 0.25) is 0 Å². The third-order valence-electron chi connectivity index (χ3n) is 2.72. The fraction of sp³-hybridized carbons (Fsp3) is 1.00. The Hall–Kier alpha value is -0.0800. The summed E-state index contributed by atoms with van der Waals surface area (Å²) < 4.78 is 0. The molecule has 0 bridgehead atoms. The van der Waals surface area contributed by atoms with Crippen LogP contribution in [0.15, 0.2) is 0 Å². The van der Waals surface area contributed by atoms with Crippen LogP contribution >= 0.6 is 0 Å². The smallest absolute Gasteiger partial charge is 0.0668 e. The van der Waals surface area contributed by atoms with Crippen molar-refractivity contribution in [3.8, 4) is 0 Å². The van der Waals surface area contributed by atoms with Crippen molar-refractivity contribution in [3.05, 3.63) is 0 Å². The Morgan fingerprint density at radius 3 is 2.25 bits per heavy atom. The van der Waals surface area contributed by atoms with Crippen molar-refractivity contribution in [1.82, 2.24) is 4.90 Å². The van der Waals surface area contributed by atoms with E-state index in [1.807, 2.05) is 0 Å². The Morgan fingerprint density at radius 1 is 1.25 bits per heavy atom. The van der Waals surface area contributed by atoms with Gasteiger partial charge in [0.1, 0.15) is 0 Å². The largest absolute Gasteiger partial charge is 0.392 e. The van der Waals surface area contributed by atoms with Gasteiger partial charge in [0.15, 0.2) is 0 Å². The molecule has 1 rings (SSSR count). The van der Waals surface area contributed by atoms with E-state index in [4.69, 9.17) is 0 Å². The molecule has 2 atom stereocenters. The van der Waals surface area contributed by atoms with Gasteiger partial charge in [-0.1, -0.05) is 0 Å². The van der Waals surface area contributed by atoms with Crippen LogP contribution < -0.4 is 0 Å². The molecule has 1 heterocycles. The van der Waals surface area contributed by atoms with Gasteiger partial charge >= 0.3 is 0 Å². The maximum Gasteiger partial charge on any atom is 0.0668 e. The van der Waals surface area contributed by atoms with E-state index in [1.54, 1.807) is 0 Å². The third kappa shape index (κ3) is 2.20. The minimum absolute atomic E-state index is 0.111. The van der Waals surface area contributed by atoms with Crippen LogP contribution in [0.3, 0.4) is 0 Å². The normalized spacial score (nSPS) is 33.8. The van der Waals surface area contributed by atoms with Crippen LogP contribution in [0.5, 0.6) is 0 Å². The molecular weight excluding hydrogens is 150 g/mol. The lowest BCUT2D eigenvalue weighted by Gasteiger charge is -2.44. The predicted octanol–water partition coefficient (Wildman–Crippen LogP) is 1.63. The highest BCUT2D eigenvalue weighted by molar-refractivity contribution is 4.86. The van der Waals surface area contributed by atoms with Gasteiger partial charge in [-0.3, -0.25) is 4.90 Å². The number of aliphatic hydroxyl groups excluding tert-OH is 1. The minimum atomic E-state index is -0.111. The second-order valence-corrected chi connectivity index (χ2v) is 4.90. The molecule has 1 N–H and O–H groups in total. The highest BCUT2D eigenvalue weighted by Gasteiger charge is 2.31. The zero-order valence-electron chi connectivity index (χ0n) is 8.67. The predicted molar refractivity (Wildman–Crippen MR) is 51.2 cm³/mol. The first-order valence-corrected chi connectivity index (χ1v) is 4.86.